The van der Waals surface area contributed by atoms with Crippen molar-refractivity contribution in [2.45, 2.75) is 11.8 Å². The molecule has 8 nitrogen and oxygen atoms in total. The van der Waals surface area contributed by atoms with Crippen LogP contribution < -0.4 is 4.72 Å². The van der Waals surface area contributed by atoms with E-state index < -0.39 is 10.0 Å². The summed E-state index contributed by atoms with van der Waals surface area (Å²) in [5.74, 6) is 0.328. The molecule has 0 aliphatic heterocycles. The average molecular weight is 360 g/mol. The lowest BCUT2D eigenvalue weighted by atomic mass is 10.2. The van der Waals surface area contributed by atoms with Gasteiger partial charge in [-0.25, -0.2) is 8.42 Å². The van der Waals surface area contributed by atoms with Crippen molar-refractivity contribution in [3.63, 3.8) is 0 Å². The van der Waals surface area contributed by atoms with Crippen molar-refractivity contribution in [2.24, 2.45) is 0 Å². The molecule has 0 spiro atoms. The molecule has 1 aromatic heterocycles. The molecule has 0 fully saturated rings. The fraction of sp³-hybridized carbons (Fsp3) is 0.188. The van der Waals surface area contributed by atoms with Gasteiger partial charge in [-0.2, -0.15) is 5.21 Å². The molecule has 1 heterocycles. The third-order valence-electron chi connectivity index (χ3n) is 3.27. The molecule has 0 unspecified atom stereocenters. The summed E-state index contributed by atoms with van der Waals surface area (Å²) in [6.07, 6.45) is 5.14. The van der Waals surface area contributed by atoms with Crippen LogP contribution in [-0.2, 0) is 10.0 Å². The molecule has 132 valence electrons. The maximum Gasteiger partial charge on any atom is 0.261 e. The number of likely N-dealkylation sites (N-methyl/N-ethyl adjacent to an activating group) is 1. The van der Waals surface area contributed by atoms with Crippen molar-refractivity contribution in [1.29, 1.82) is 0 Å². The van der Waals surface area contributed by atoms with Gasteiger partial charge in [0.25, 0.3) is 10.0 Å². The summed E-state index contributed by atoms with van der Waals surface area (Å²) in [4.78, 5) is 1.99. The van der Waals surface area contributed by atoms with Crippen LogP contribution in [0.3, 0.4) is 0 Å². The Labute approximate surface area is 147 Å². The first-order valence-corrected chi connectivity index (χ1v) is 8.87. The van der Waals surface area contributed by atoms with Crippen LogP contribution in [0, 0.1) is 0 Å². The summed E-state index contributed by atoms with van der Waals surface area (Å²) < 4.78 is 27.6. The van der Waals surface area contributed by atoms with Gasteiger partial charge in [0.2, 0.25) is 5.82 Å². The van der Waals surface area contributed by atoms with Crippen molar-refractivity contribution in [1.82, 2.24) is 30.2 Å². The van der Waals surface area contributed by atoms with Gasteiger partial charge in [-0.05, 0) is 42.5 Å². The number of aromatic amines is 1. The zero-order valence-electron chi connectivity index (χ0n) is 14.3. The Bertz CT molecular complexity index is 898. The highest BCUT2D eigenvalue weighted by molar-refractivity contribution is 7.89. The molecular formula is C16H20N6O2S. The highest BCUT2D eigenvalue weighted by Gasteiger charge is 2.15. The lowest BCUT2D eigenvalue weighted by molar-refractivity contribution is 0.530. The minimum atomic E-state index is -3.72. The van der Waals surface area contributed by atoms with Gasteiger partial charge in [-0.3, -0.25) is 4.72 Å². The number of nitrogens with zero attached hydrogens (tertiary/aromatic N) is 4. The highest BCUT2D eigenvalue weighted by atomic mass is 32.2. The van der Waals surface area contributed by atoms with Crippen LogP contribution >= 0.6 is 0 Å². The average Bonchev–Trinajstić information content (AvgIpc) is 3.09. The normalized spacial score (nSPS) is 12.8. The molecule has 0 aliphatic carbocycles. The van der Waals surface area contributed by atoms with Gasteiger partial charge in [-0.15, -0.1) is 10.2 Å². The van der Waals surface area contributed by atoms with E-state index in [4.69, 9.17) is 0 Å². The minimum absolute atomic E-state index is 0.114. The van der Waals surface area contributed by atoms with E-state index in [-0.39, 0.29) is 4.90 Å². The van der Waals surface area contributed by atoms with E-state index in [1.54, 1.807) is 37.3 Å². The fourth-order valence-electron chi connectivity index (χ4n) is 2.00. The molecule has 0 atom stereocenters. The summed E-state index contributed by atoms with van der Waals surface area (Å²) in [5.41, 5.74) is 1.89. The lowest BCUT2D eigenvalue weighted by Gasteiger charge is -2.13. The van der Waals surface area contributed by atoms with Gasteiger partial charge in [-0.1, -0.05) is 18.7 Å². The van der Waals surface area contributed by atoms with Gasteiger partial charge >= 0.3 is 0 Å². The van der Waals surface area contributed by atoms with Gasteiger partial charge in [0.05, 0.1) is 4.90 Å². The van der Waals surface area contributed by atoms with Crippen LogP contribution in [0.4, 0.5) is 0 Å². The first kappa shape index (κ1) is 18.4. The Kier molecular flexibility index (Phi) is 5.71. The van der Waals surface area contributed by atoms with Gasteiger partial charge in [0.15, 0.2) is 0 Å². The van der Waals surface area contributed by atoms with Crippen LogP contribution in [0.15, 0.2) is 65.4 Å². The van der Waals surface area contributed by atoms with Crippen LogP contribution in [0.1, 0.15) is 6.92 Å². The Balaban J connectivity index is 2.25. The molecule has 1 aromatic carbocycles. The van der Waals surface area contributed by atoms with Crippen molar-refractivity contribution in [3.8, 4) is 11.4 Å². The predicted octanol–water partition coefficient (Wildman–Crippen LogP) is 1.68. The van der Waals surface area contributed by atoms with E-state index >= 15 is 0 Å². The molecule has 0 radical (unpaired) electrons. The SMILES string of the molecule is C=C/C(=C\C=C(/C)NS(=O)(=O)c1cccc(-c2nn[nH]n2)c1)N(C)C. The number of hydrogen-bond donors (Lipinski definition) is 2. The second kappa shape index (κ2) is 7.75. The Morgan fingerprint density at radius 2 is 2.08 bits per heavy atom. The second-order valence-electron chi connectivity index (χ2n) is 5.41. The maximum absolute atomic E-state index is 12.5. The quantitative estimate of drug-likeness (QED) is 0.728. The van der Waals surface area contributed by atoms with E-state index in [9.17, 15) is 8.42 Å². The van der Waals surface area contributed by atoms with E-state index in [1.165, 1.54) is 12.1 Å². The van der Waals surface area contributed by atoms with Crippen LogP contribution in [0.25, 0.3) is 11.4 Å². The van der Waals surface area contributed by atoms with E-state index in [0.717, 1.165) is 5.70 Å². The number of rotatable bonds is 7. The number of hydrogen-bond acceptors (Lipinski definition) is 6. The van der Waals surface area contributed by atoms with E-state index in [1.807, 2.05) is 19.0 Å². The fourth-order valence-corrected chi connectivity index (χ4v) is 3.15. The summed E-state index contributed by atoms with van der Waals surface area (Å²) in [6.45, 7) is 5.39. The molecule has 0 aliphatic rings. The molecular weight excluding hydrogens is 340 g/mol. The first-order chi connectivity index (χ1) is 11.8. The molecule has 2 N–H and O–H groups in total. The van der Waals surface area contributed by atoms with Crippen molar-refractivity contribution in [3.05, 3.63) is 60.5 Å². The molecule has 0 amide bonds. The number of benzene rings is 1. The maximum atomic E-state index is 12.5. The smallest absolute Gasteiger partial charge is 0.261 e. The topological polar surface area (TPSA) is 104 Å². The van der Waals surface area contributed by atoms with Gasteiger partial charge in [0, 0.05) is 31.1 Å². The number of allylic oxidation sites excluding steroid dienone is 4. The zero-order chi connectivity index (χ0) is 18.4. The Morgan fingerprint density at radius 3 is 2.68 bits per heavy atom. The standard InChI is InChI=1S/C16H20N6O2S/c1-5-14(22(3)4)10-9-12(2)19-25(23,24)15-8-6-7-13(11-15)16-17-20-21-18-16/h5-11,19H,1H2,2-4H3,(H,17,18,20,21)/b12-9+,14-10+. The lowest BCUT2D eigenvalue weighted by Crippen LogP contribution is -2.22. The van der Waals surface area contributed by atoms with Gasteiger partial charge in [0.1, 0.15) is 0 Å². The summed E-state index contributed by atoms with van der Waals surface area (Å²) in [5, 5.41) is 13.5. The number of H-pyrrole nitrogens is 1. The zero-order valence-corrected chi connectivity index (χ0v) is 15.1. The third-order valence-corrected chi connectivity index (χ3v) is 4.74. The molecule has 0 saturated heterocycles. The highest BCUT2D eigenvalue weighted by Crippen LogP contribution is 2.18. The monoisotopic (exact) mass is 360 g/mol. The van der Waals surface area contributed by atoms with E-state index in [2.05, 4.69) is 31.9 Å². The minimum Gasteiger partial charge on any atom is -0.378 e. The van der Waals surface area contributed by atoms with Crippen LogP contribution in [0.2, 0.25) is 0 Å². The number of sulfonamides is 1. The Morgan fingerprint density at radius 1 is 1.32 bits per heavy atom. The van der Waals surface area contributed by atoms with Crippen molar-refractivity contribution >= 4 is 10.0 Å². The molecule has 2 rings (SSSR count). The second-order valence-corrected chi connectivity index (χ2v) is 7.09. The third kappa shape index (κ3) is 4.77. The van der Waals surface area contributed by atoms with Crippen molar-refractivity contribution < 1.29 is 8.42 Å². The van der Waals surface area contributed by atoms with E-state index in [0.29, 0.717) is 17.1 Å². The summed E-state index contributed by atoms with van der Waals surface area (Å²) in [7, 11) is 0.0374. The molecule has 2 aromatic rings. The number of tetrazole rings is 1. The summed E-state index contributed by atoms with van der Waals surface area (Å²) >= 11 is 0. The molecule has 0 saturated carbocycles. The van der Waals surface area contributed by atoms with Crippen LogP contribution in [-0.4, -0.2) is 48.0 Å². The van der Waals surface area contributed by atoms with Gasteiger partial charge < -0.3 is 4.90 Å². The predicted molar refractivity (Wildman–Crippen MR) is 95.7 cm³/mol. The summed E-state index contributed by atoms with van der Waals surface area (Å²) in [6, 6.07) is 6.33. The molecule has 9 heteroatoms. The number of nitrogens with one attached hydrogen (secondary N) is 2. The Hall–Kier alpha value is -2.94. The van der Waals surface area contributed by atoms with Crippen LogP contribution in [0.5, 0.6) is 0 Å². The van der Waals surface area contributed by atoms with Crippen molar-refractivity contribution in [2.75, 3.05) is 14.1 Å². The number of aromatic nitrogens is 4. The largest absolute Gasteiger partial charge is 0.378 e. The molecule has 0 bridgehead atoms. The molecule has 25 heavy (non-hydrogen) atoms. The first-order valence-electron chi connectivity index (χ1n) is 7.38.